The number of nitrogens with zero attached hydrogens (tertiary/aromatic N) is 2. The van der Waals surface area contributed by atoms with E-state index in [1.54, 1.807) is 23.1 Å². The molecule has 4 nitrogen and oxygen atoms in total. The molecule has 132 valence electrons. The Bertz CT molecular complexity index is 993. The summed E-state index contributed by atoms with van der Waals surface area (Å²) in [6.45, 7) is 1.18. The van der Waals surface area contributed by atoms with Crippen molar-refractivity contribution in [1.29, 1.82) is 0 Å². The molecule has 0 spiro atoms. The molecule has 1 amide bonds. The first kappa shape index (κ1) is 15.6. The van der Waals surface area contributed by atoms with E-state index in [2.05, 4.69) is 4.98 Å². The summed E-state index contributed by atoms with van der Waals surface area (Å²) >= 11 is 0. The van der Waals surface area contributed by atoms with Crippen molar-refractivity contribution in [1.82, 2.24) is 9.88 Å². The summed E-state index contributed by atoms with van der Waals surface area (Å²) in [5.74, 6) is 1.06. The highest BCUT2D eigenvalue weighted by Crippen LogP contribution is 2.40. The van der Waals surface area contributed by atoms with Crippen LogP contribution in [0.5, 0.6) is 0 Å². The highest BCUT2D eigenvalue weighted by atomic mass is 19.1. The number of carbonyl (C=O) groups excluding carboxylic acids is 1. The van der Waals surface area contributed by atoms with Crippen LogP contribution in [-0.2, 0) is 0 Å². The van der Waals surface area contributed by atoms with Crippen molar-refractivity contribution in [2.75, 3.05) is 13.1 Å². The lowest BCUT2D eigenvalue weighted by atomic mass is 9.98. The van der Waals surface area contributed by atoms with Crippen LogP contribution in [0.1, 0.15) is 52.9 Å². The van der Waals surface area contributed by atoms with Crippen LogP contribution in [0.15, 0.2) is 46.9 Å². The highest BCUT2D eigenvalue weighted by molar-refractivity contribution is 5.97. The lowest BCUT2D eigenvalue weighted by Crippen LogP contribution is -2.28. The maximum Gasteiger partial charge on any atom is 0.254 e. The van der Waals surface area contributed by atoms with Gasteiger partial charge in [0.1, 0.15) is 11.3 Å². The van der Waals surface area contributed by atoms with Gasteiger partial charge >= 0.3 is 0 Å². The largest absolute Gasteiger partial charge is 0.440 e. The van der Waals surface area contributed by atoms with Gasteiger partial charge in [0.2, 0.25) is 0 Å². The van der Waals surface area contributed by atoms with E-state index < -0.39 is 0 Å². The average molecular weight is 350 g/mol. The second-order valence-electron chi connectivity index (χ2n) is 7.27. The topological polar surface area (TPSA) is 46.3 Å². The molecule has 5 rings (SSSR count). The van der Waals surface area contributed by atoms with Crippen LogP contribution in [0, 0.1) is 5.82 Å². The molecule has 2 fully saturated rings. The smallest absolute Gasteiger partial charge is 0.254 e. The summed E-state index contributed by atoms with van der Waals surface area (Å²) in [6.07, 6.45) is 3.04. The zero-order valence-electron chi connectivity index (χ0n) is 14.3. The second-order valence-corrected chi connectivity index (χ2v) is 7.27. The van der Waals surface area contributed by atoms with Crippen molar-refractivity contribution in [3.63, 3.8) is 0 Å². The van der Waals surface area contributed by atoms with Crippen LogP contribution in [0.3, 0.4) is 0 Å². The first-order valence-electron chi connectivity index (χ1n) is 9.13. The van der Waals surface area contributed by atoms with E-state index in [1.165, 1.54) is 6.07 Å². The normalized spacial score (nSPS) is 20.0. The lowest BCUT2D eigenvalue weighted by molar-refractivity contribution is 0.0790. The van der Waals surface area contributed by atoms with Crippen molar-refractivity contribution in [3.8, 4) is 0 Å². The first-order valence-corrected chi connectivity index (χ1v) is 9.13. The molecule has 3 aromatic rings. The van der Waals surface area contributed by atoms with Crippen LogP contribution in [0.2, 0.25) is 0 Å². The van der Waals surface area contributed by atoms with Crippen LogP contribution < -0.4 is 0 Å². The Morgan fingerprint density at radius 1 is 1.12 bits per heavy atom. The van der Waals surface area contributed by atoms with E-state index >= 15 is 0 Å². The number of fused-ring (bicyclic) bond motifs is 1. The Hall–Kier alpha value is -2.69. The lowest BCUT2D eigenvalue weighted by Gasteiger charge is -2.17. The Morgan fingerprint density at radius 2 is 1.96 bits per heavy atom. The fourth-order valence-electron chi connectivity index (χ4n) is 3.77. The highest BCUT2D eigenvalue weighted by Gasteiger charge is 2.31. The second kappa shape index (κ2) is 5.94. The van der Waals surface area contributed by atoms with Gasteiger partial charge < -0.3 is 9.32 Å². The Morgan fingerprint density at radius 3 is 2.77 bits per heavy atom. The van der Waals surface area contributed by atoms with Crippen molar-refractivity contribution < 1.29 is 13.6 Å². The van der Waals surface area contributed by atoms with E-state index in [0.29, 0.717) is 35.7 Å². The van der Waals surface area contributed by atoms with Gasteiger partial charge in [-0.2, -0.15) is 0 Å². The van der Waals surface area contributed by atoms with Crippen molar-refractivity contribution >= 4 is 17.0 Å². The summed E-state index contributed by atoms with van der Waals surface area (Å²) in [7, 11) is 0. The molecule has 0 unspecified atom stereocenters. The van der Waals surface area contributed by atoms with Crippen LogP contribution in [-0.4, -0.2) is 28.9 Å². The van der Waals surface area contributed by atoms with E-state index in [-0.39, 0.29) is 17.6 Å². The maximum atomic E-state index is 14.0. The van der Waals surface area contributed by atoms with Gasteiger partial charge in [0.05, 0.1) is 0 Å². The predicted molar refractivity (Wildman–Crippen MR) is 95.6 cm³/mol. The third kappa shape index (κ3) is 2.68. The summed E-state index contributed by atoms with van der Waals surface area (Å²) in [5, 5.41) is 0. The Kier molecular flexibility index (Phi) is 3.55. The molecule has 5 heteroatoms. The van der Waals surface area contributed by atoms with E-state index in [1.807, 2.05) is 18.2 Å². The number of aromatic nitrogens is 1. The number of hydrogen-bond acceptors (Lipinski definition) is 3. The number of amides is 1. The van der Waals surface area contributed by atoms with Crippen LogP contribution >= 0.6 is 0 Å². The van der Waals surface area contributed by atoms with E-state index in [0.717, 1.165) is 30.7 Å². The number of carbonyl (C=O) groups is 1. The van der Waals surface area contributed by atoms with Crippen LogP contribution in [0.4, 0.5) is 4.39 Å². The number of hydrogen-bond donors (Lipinski definition) is 0. The molecule has 26 heavy (non-hydrogen) atoms. The number of rotatable bonds is 3. The van der Waals surface area contributed by atoms with E-state index in [9.17, 15) is 9.18 Å². The summed E-state index contributed by atoms with van der Waals surface area (Å²) in [6, 6.07) is 12.3. The first-order chi connectivity index (χ1) is 12.7. The molecule has 0 N–H and O–H groups in total. The third-order valence-corrected chi connectivity index (χ3v) is 5.40. The van der Waals surface area contributed by atoms with Crippen LogP contribution in [0.25, 0.3) is 11.1 Å². The molecule has 0 radical (unpaired) electrons. The minimum atomic E-state index is -0.192. The van der Waals surface area contributed by atoms with Gasteiger partial charge in [0, 0.05) is 30.5 Å². The number of oxazole rings is 1. The van der Waals surface area contributed by atoms with E-state index in [4.69, 9.17) is 4.42 Å². The molecule has 0 bridgehead atoms. The van der Waals surface area contributed by atoms with Gasteiger partial charge in [-0.15, -0.1) is 0 Å². The molecule has 1 aromatic heterocycles. The fraction of sp³-hybridized carbons (Fsp3) is 0.333. The number of likely N-dealkylation sites (tertiary alicyclic amines) is 1. The fourth-order valence-corrected chi connectivity index (χ4v) is 3.77. The molecule has 1 saturated carbocycles. The molecule has 2 heterocycles. The zero-order valence-corrected chi connectivity index (χ0v) is 14.3. The minimum absolute atomic E-state index is 0.0323. The van der Waals surface area contributed by atoms with Gasteiger partial charge in [-0.3, -0.25) is 4.79 Å². The maximum absolute atomic E-state index is 14.0. The van der Waals surface area contributed by atoms with Crippen molar-refractivity contribution in [2.45, 2.75) is 31.1 Å². The minimum Gasteiger partial charge on any atom is -0.440 e. The zero-order chi connectivity index (χ0) is 17.7. The SMILES string of the molecule is O=C(c1ccc2nc(C3CC3)oc2c1)N1CC[C@H](c2ccccc2F)C1. The van der Waals surface area contributed by atoms with Gasteiger partial charge in [-0.25, -0.2) is 9.37 Å². The standard InChI is InChI=1S/C21H19FN2O2/c22-17-4-2-1-3-16(17)15-9-10-24(12-15)21(25)14-7-8-18-19(11-14)26-20(23-18)13-5-6-13/h1-4,7-8,11,13,15H,5-6,9-10,12H2/t15-/m0/s1. The molecule has 1 atom stereocenters. The van der Waals surface area contributed by atoms with Crippen molar-refractivity contribution in [2.24, 2.45) is 0 Å². The molecule has 1 aliphatic carbocycles. The van der Waals surface area contributed by atoms with Gasteiger partial charge in [0.15, 0.2) is 11.5 Å². The Balaban J connectivity index is 1.36. The molecule has 2 aromatic carbocycles. The van der Waals surface area contributed by atoms with Gasteiger partial charge in [0.25, 0.3) is 5.91 Å². The summed E-state index contributed by atoms with van der Waals surface area (Å²) in [4.78, 5) is 19.2. The quantitative estimate of drug-likeness (QED) is 0.700. The Labute approximate surface area is 150 Å². The summed E-state index contributed by atoms with van der Waals surface area (Å²) < 4.78 is 19.8. The predicted octanol–water partition coefficient (Wildman–Crippen LogP) is 4.47. The number of halogens is 1. The van der Waals surface area contributed by atoms with Gasteiger partial charge in [-0.1, -0.05) is 18.2 Å². The van der Waals surface area contributed by atoms with Crippen molar-refractivity contribution in [3.05, 3.63) is 65.3 Å². The third-order valence-electron chi connectivity index (χ3n) is 5.40. The summed E-state index contributed by atoms with van der Waals surface area (Å²) in [5.41, 5.74) is 2.77. The molecule has 2 aliphatic rings. The molecular formula is C21H19FN2O2. The molecule has 1 saturated heterocycles. The molecular weight excluding hydrogens is 331 g/mol. The number of benzene rings is 2. The monoisotopic (exact) mass is 350 g/mol. The van der Waals surface area contributed by atoms with Gasteiger partial charge in [-0.05, 0) is 49.1 Å². The molecule has 1 aliphatic heterocycles. The average Bonchev–Trinajstić information content (AvgIpc) is 3.24.